The molecule has 0 bridgehead atoms. The fraction of sp³-hybridized carbons (Fsp3) is 0.222. The molecule has 7 heteroatoms. The molecule has 4 aromatic rings. The van der Waals surface area contributed by atoms with Crippen LogP contribution in [-0.2, 0) is 5.75 Å². The maximum atomic E-state index is 6.55. The zero-order chi connectivity index (χ0) is 17.6. The number of halogens is 1. The molecule has 0 atom stereocenters. The molecule has 0 aliphatic rings. The number of hydrogen-bond donors (Lipinski definition) is 0. The van der Waals surface area contributed by atoms with E-state index in [1.807, 2.05) is 55.5 Å². The third-order valence-corrected chi connectivity index (χ3v) is 5.58. The van der Waals surface area contributed by atoms with E-state index in [0.717, 1.165) is 44.5 Å². The molecule has 0 radical (unpaired) electrons. The van der Waals surface area contributed by atoms with Gasteiger partial charge in [0.1, 0.15) is 5.82 Å². The summed E-state index contributed by atoms with van der Waals surface area (Å²) < 4.78 is 1.96. The van der Waals surface area contributed by atoms with Crippen LogP contribution >= 0.6 is 23.4 Å². The third kappa shape index (κ3) is 2.85. The number of hydrogen-bond acceptors (Lipinski definition) is 5. The average molecular weight is 370 g/mol. The van der Waals surface area contributed by atoms with Crippen LogP contribution in [-0.4, -0.2) is 24.6 Å². The SMILES string of the molecule is Cc1cc2nnc(SCc3nc4ccccc4c(C)c3Cl)n2c(C)n1. The summed E-state index contributed by atoms with van der Waals surface area (Å²) >= 11 is 8.12. The van der Waals surface area contributed by atoms with Crippen LogP contribution in [0.15, 0.2) is 35.5 Å². The first kappa shape index (κ1) is 16.3. The van der Waals surface area contributed by atoms with Gasteiger partial charge in [-0.05, 0) is 32.4 Å². The van der Waals surface area contributed by atoms with Crippen molar-refractivity contribution in [2.75, 3.05) is 0 Å². The first-order valence-electron chi connectivity index (χ1n) is 7.90. The van der Waals surface area contributed by atoms with Gasteiger partial charge < -0.3 is 0 Å². The molecule has 4 rings (SSSR count). The minimum atomic E-state index is 0.624. The van der Waals surface area contributed by atoms with Crippen molar-refractivity contribution in [3.05, 3.63) is 58.1 Å². The summed E-state index contributed by atoms with van der Waals surface area (Å²) in [6.45, 7) is 5.94. The minimum Gasteiger partial charge on any atom is -0.258 e. The van der Waals surface area contributed by atoms with E-state index in [1.165, 1.54) is 0 Å². The minimum absolute atomic E-state index is 0.624. The van der Waals surface area contributed by atoms with Crippen LogP contribution in [0.25, 0.3) is 16.6 Å². The molecule has 3 aromatic heterocycles. The maximum Gasteiger partial charge on any atom is 0.197 e. The zero-order valence-corrected chi connectivity index (χ0v) is 15.7. The Kier molecular flexibility index (Phi) is 4.09. The number of thioether (sulfide) groups is 1. The molecule has 0 saturated carbocycles. The van der Waals surface area contributed by atoms with Crippen LogP contribution in [0.4, 0.5) is 0 Å². The summed E-state index contributed by atoms with van der Waals surface area (Å²) in [7, 11) is 0. The Morgan fingerprint density at radius 3 is 2.72 bits per heavy atom. The topological polar surface area (TPSA) is 56.0 Å². The Bertz CT molecular complexity index is 1110. The summed E-state index contributed by atoms with van der Waals surface area (Å²) in [6.07, 6.45) is 0. The summed E-state index contributed by atoms with van der Waals surface area (Å²) in [4.78, 5) is 9.22. The summed E-state index contributed by atoms with van der Waals surface area (Å²) in [5, 5.41) is 11.1. The monoisotopic (exact) mass is 369 g/mol. The number of benzene rings is 1. The summed E-state index contributed by atoms with van der Waals surface area (Å²) in [6, 6.07) is 9.97. The normalized spacial score (nSPS) is 11.5. The predicted octanol–water partition coefficient (Wildman–Crippen LogP) is 4.54. The highest BCUT2D eigenvalue weighted by molar-refractivity contribution is 7.98. The molecule has 0 N–H and O–H groups in total. The van der Waals surface area contributed by atoms with Crippen molar-refractivity contribution in [3.8, 4) is 0 Å². The highest BCUT2D eigenvalue weighted by atomic mass is 35.5. The zero-order valence-electron chi connectivity index (χ0n) is 14.1. The molecule has 1 aromatic carbocycles. The van der Waals surface area contributed by atoms with E-state index in [4.69, 9.17) is 16.6 Å². The number of aryl methyl sites for hydroxylation is 3. The average Bonchev–Trinajstić information content (AvgIpc) is 3.00. The van der Waals surface area contributed by atoms with Gasteiger partial charge in [-0.15, -0.1) is 10.2 Å². The second-order valence-electron chi connectivity index (χ2n) is 5.92. The van der Waals surface area contributed by atoms with Gasteiger partial charge in [0.25, 0.3) is 0 Å². The van der Waals surface area contributed by atoms with Gasteiger partial charge in [0.2, 0.25) is 0 Å². The van der Waals surface area contributed by atoms with E-state index in [-0.39, 0.29) is 0 Å². The molecule has 0 saturated heterocycles. The van der Waals surface area contributed by atoms with Crippen molar-refractivity contribution in [3.63, 3.8) is 0 Å². The molecule has 0 spiro atoms. The van der Waals surface area contributed by atoms with Crippen molar-refractivity contribution in [1.82, 2.24) is 24.6 Å². The van der Waals surface area contributed by atoms with Crippen LogP contribution < -0.4 is 0 Å². The smallest absolute Gasteiger partial charge is 0.197 e. The van der Waals surface area contributed by atoms with Gasteiger partial charge in [-0.1, -0.05) is 41.6 Å². The highest BCUT2D eigenvalue weighted by Crippen LogP contribution is 2.31. The lowest BCUT2D eigenvalue weighted by molar-refractivity contribution is 0.853. The van der Waals surface area contributed by atoms with E-state index >= 15 is 0 Å². The lowest BCUT2D eigenvalue weighted by atomic mass is 10.1. The van der Waals surface area contributed by atoms with Crippen molar-refractivity contribution in [2.45, 2.75) is 31.7 Å². The van der Waals surface area contributed by atoms with Gasteiger partial charge in [-0.25, -0.2) is 4.98 Å². The van der Waals surface area contributed by atoms with Gasteiger partial charge in [0.15, 0.2) is 10.8 Å². The van der Waals surface area contributed by atoms with E-state index in [1.54, 1.807) is 11.8 Å². The lowest BCUT2D eigenvalue weighted by Crippen LogP contribution is -1.99. The van der Waals surface area contributed by atoms with Gasteiger partial charge >= 0.3 is 0 Å². The number of rotatable bonds is 3. The molecule has 0 fully saturated rings. The molecular formula is C18H16ClN5S. The fourth-order valence-corrected chi connectivity index (χ4v) is 4.16. The standard InChI is InChI=1S/C18H16ClN5S/c1-10-8-16-22-23-18(24(16)12(3)20-10)25-9-15-17(19)11(2)13-6-4-5-7-14(13)21-15/h4-8H,9H2,1-3H3. The Hall–Kier alpha value is -2.18. The molecular weight excluding hydrogens is 354 g/mol. The fourth-order valence-electron chi connectivity index (χ4n) is 2.94. The maximum absolute atomic E-state index is 6.55. The molecule has 0 aliphatic heterocycles. The van der Waals surface area contributed by atoms with E-state index in [0.29, 0.717) is 10.8 Å². The van der Waals surface area contributed by atoms with Gasteiger partial charge in [0.05, 0.1) is 16.2 Å². The molecule has 3 heterocycles. The van der Waals surface area contributed by atoms with Crippen LogP contribution in [0.2, 0.25) is 5.02 Å². The summed E-state index contributed by atoms with van der Waals surface area (Å²) in [5.41, 5.74) is 4.62. The molecule has 126 valence electrons. The van der Waals surface area contributed by atoms with Crippen LogP contribution in [0.5, 0.6) is 0 Å². The first-order valence-corrected chi connectivity index (χ1v) is 9.27. The van der Waals surface area contributed by atoms with Gasteiger partial charge in [0, 0.05) is 22.9 Å². The Morgan fingerprint density at radius 2 is 1.88 bits per heavy atom. The Morgan fingerprint density at radius 1 is 1.08 bits per heavy atom. The Labute approximate surface area is 154 Å². The third-order valence-electron chi connectivity index (χ3n) is 4.14. The van der Waals surface area contributed by atoms with Crippen molar-refractivity contribution in [2.24, 2.45) is 0 Å². The van der Waals surface area contributed by atoms with Crippen molar-refractivity contribution in [1.29, 1.82) is 0 Å². The number of para-hydroxylation sites is 1. The van der Waals surface area contributed by atoms with Gasteiger partial charge in [-0.2, -0.15) is 0 Å². The quantitative estimate of drug-likeness (QED) is 0.496. The largest absolute Gasteiger partial charge is 0.258 e. The second kappa shape index (κ2) is 6.28. The molecule has 5 nitrogen and oxygen atoms in total. The van der Waals surface area contributed by atoms with E-state index in [2.05, 4.69) is 15.2 Å². The Balaban J connectivity index is 1.70. The number of pyridine rings is 1. The second-order valence-corrected chi connectivity index (χ2v) is 7.24. The molecule has 25 heavy (non-hydrogen) atoms. The number of fused-ring (bicyclic) bond motifs is 2. The van der Waals surface area contributed by atoms with E-state index in [9.17, 15) is 0 Å². The predicted molar refractivity (Wildman–Crippen MR) is 101 cm³/mol. The lowest BCUT2D eigenvalue weighted by Gasteiger charge is -2.09. The molecule has 0 aliphatic carbocycles. The van der Waals surface area contributed by atoms with Crippen molar-refractivity contribution < 1.29 is 0 Å². The van der Waals surface area contributed by atoms with Crippen molar-refractivity contribution >= 4 is 39.9 Å². The highest BCUT2D eigenvalue weighted by Gasteiger charge is 2.14. The van der Waals surface area contributed by atoms with E-state index < -0.39 is 0 Å². The molecule has 0 unspecified atom stereocenters. The van der Waals surface area contributed by atoms with Crippen LogP contribution in [0, 0.1) is 20.8 Å². The summed E-state index contributed by atoms with van der Waals surface area (Å²) in [5.74, 6) is 1.50. The number of aromatic nitrogens is 5. The molecule has 0 amide bonds. The first-order chi connectivity index (χ1) is 12.0. The van der Waals surface area contributed by atoms with Crippen LogP contribution in [0.1, 0.15) is 22.8 Å². The number of nitrogens with zero attached hydrogens (tertiary/aromatic N) is 5. The van der Waals surface area contributed by atoms with Gasteiger partial charge in [-0.3, -0.25) is 9.38 Å². The van der Waals surface area contributed by atoms with Crippen LogP contribution in [0.3, 0.4) is 0 Å².